The maximum atomic E-state index is 13.4. The van der Waals surface area contributed by atoms with Crippen LogP contribution < -0.4 is 5.32 Å². The molecule has 0 saturated carbocycles. The first-order valence-corrected chi connectivity index (χ1v) is 6.34. The normalized spacial score (nSPS) is 11.6. The minimum absolute atomic E-state index is 0.180. The molecule has 1 N–H and O–H groups in total. The lowest BCUT2D eigenvalue weighted by molar-refractivity contribution is -0.123. The van der Waals surface area contributed by atoms with Crippen LogP contribution in [0, 0.1) is 11.6 Å². The molecule has 0 aliphatic rings. The number of hydrogen-bond donors (Lipinski definition) is 1. The molecule has 0 bridgehead atoms. The van der Waals surface area contributed by atoms with Gasteiger partial charge in [-0.2, -0.15) is 0 Å². The van der Waals surface area contributed by atoms with E-state index in [0.29, 0.717) is 0 Å². The van der Waals surface area contributed by atoms with Crippen molar-refractivity contribution in [1.82, 2.24) is 4.98 Å². The van der Waals surface area contributed by atoms with Gasteiger partial charge in [-0.3, -0.25) is 9.78 Å². The summed E-state index contributed by atoms with van der Waals surface area (Å²) in [6.45, 7) is 1.32. The first-order chi connectivity index (χ1) is 10.5. The van der Waals surface area contributed by atoms with Gasteiger partial charge in [-0.05, 0) is 31.2 Å². The van der Waals surface area contributed by atoms with Gasteiger partial charge in [0.25, 0.3) is 5.91 Å². The molecule has 114 valence electrons. The van der Waals surface area contributed by atoms with Crippen LogP contribution in [0.15, 0.2) is 42.7 Å². The molecule has 0 radical (unpaired) electrons. The maximum absolute atomic E-state index is 13.4. The topological polar surface area (TPSA) is 68.3 Å². The monoisotopic (exact) mass is 306 g/mol. The number of carbonyl (C=O) groups excluding carboxylic acids is 2. The molecule has 7 heteroatoms. The van der Waals surface area contributed by atoms with Crippen LogP contribution in [0.4, 0.5) is 14.5 Å². The van der Waals surface area contributed by atoms with Gasteiger partial charge in [0.05, 0.1) is 11.3 Å². The van der Waals surface area contributed by atoms with E-state index in [1.165, 1.54) is 25.4 Å². The molecule has 1 aromatic carbocycles. The van der Waals surface area contributed by atoms with E-state index < -0.39 is 29.6 Å². The largest absolute Gasteiger partial charge is 0.449 e. The number of esters is 1. The lowest BCUT2D eigenvalue weighted by Gasteiger charge is -2.13. The molecule has 2 aromatic rings. The van der Waals surface area contributed by atoms with Crippen LogP contribution >= 0.6 is 0 Å². The van der Waals surface area contributed by atoms with Crippen molar-refractivity contribution in [3.05, 3.63) is 59.9 Å². The molecule has 1 amide bonds. The fourth-order valence-corrected chi connectivity index (χ4v) is 1.59. The number of nitrogens with one attached hydrogen (secondary N) is 1. The van der Waals surface area contributed by atoms with Crippen molar-refractivity contribution >= 4 is 17.6 Å². The molecular weight excluding hydrogens is 294 g/mol. The molecule has 0 saturated heterocycles. The third-order valence-corrected chi connectivity index (χ3v) is 2.74. The highest BCUT2D eigenvalue weighted by atomic mass is 19.1. The molecule has 1 unspecified atom stereocenters. The van der Waals surface area contributed by atoms with E-state index in [-0.39, 0.29) is 11.3 Å². The van der Waals surface area contributed by atoms with Crippen LogP contribution in [0.2, 0.25) is 0 Å². The summed E-state index contributed by atoms with van der Waals surface area (Å²) >= 11 is 0. The van der Waals surface area contributed by atoms with Gasteiger partial charge in [0.2, 0.25) is 0 Å². The van der Waals surface area contributed by atoms with Crippen molar-refractivity contribution < 1.29 is 23.1 Å². The van der Waals surface area contributed by atoms with Crippen LogP contribution in [0.5, 0.6) is 0 Å². The maximum Gasteiger partial charge on any atom is 0.340 e. The van der Waals surface area contributed by atoms with Gasteiger partial charge in [0.15, 0.2) is 6.10 Å². The zero-order valence-corrected chi connectivity index (χ0v) is 11.5. The van der Waals surface area contributed by atoms with Crippen LogP contribution in [-0.4, -0.2) is 23.0 Å². The van der Waals surface area contributed by atoms with E-state index in [9.17, 15) is 18.4 Å². The third kappa shape index (κ3) is 3.85. The molecule has 1 heterocycles. The Bertz CT molecular complexity index is 692. The Morgan fingerprint density at radius 1 is 1.27 bits per heavy atom. The summed E-state index contributed by atoms with van der Waals surface area (Å²) in [5.74, 6) is -3.01. The smallest absolute Gasteiger partial charge is 0.340 e. The van der Waals surface area contributed by atoms with Crippen LogP contribution in [-0.2, 0) is 9.53 Å². The molecule has 0 aliphatic carbocycles. The lowest BCUT2D eigenvalue weighted by atomic mass is 10.2. The molecule has 0 aliphatic heterocycles. The molecule has 0 fully saturated rings. The SMILES string of the molecule is CC(OC(=O)c1cccnc1)C(=O)Nc1cc(F)ccc1F. The fraction of sp³-hybridized carbons (Fsp3) is 0.133. The predicted octanol–water partition coefficient (Wildman–Crippen LogP) is 2.54. The van der Waals surface area contributed by atoms with Crippen molar-refractivity contribution in [2.75, 3.05) is 5.32 Å². The molecule has 22 heavy (non-hydrogen) atoms. The number of nitrogens with zero attached hydrogens (tertiary/aromatic N) is 1. The van der Waals surface area contributed by atoms with Crippen LogP contribution in [0.3, 0.4) is 0 Å². The van der Waals surface area contributed by atoms with E-state index in [2.05, 4.69) is 10.3 Å². The standard InChI is InChI=1S/C15H12F2N2O3/c1-9(22-15(21)10-3-2-6-18-8-10)14(20)19-13-7-11(16)4-5-12(13)17/h2-9H,1H3,(H,19,20). The first kappa shape index (κ1) is 15.6. The minimum Gasteiger partial charge on any atom is -0.449 e. The van der Waals surface area contributed by atoms with Gasteiger partial charge in [-0.15, -0.1) is 0 Å². The van der Waals surface area contributed by atoms with Crippen LogP contribution in [0.25, 0.3) is 0 Å². The Balaban J connectivity index is 2.00. The van der Waals surface area contributed by atoms with Crippen molar-refractivity contribution in [3.8, 4) is 0 Å². The second-order valence-corrected chi connectivity index (χ2v) is 4.40. The first-order valence-electron chi connectivity index (χ1n) is 6.34. The van der Waals surface area contributed by atoms with E-state index in [1.807, 2.05) is 0 Å². The van der Waals surface area contributed by atoms with Crippen molar-refractivity contribution in [2.45, 2.75) is 13.0 Å². The van der Waals surface area contributed by atoms with Gasteiger partial charge >= 0.3 is 5.97 Å². The number of amides is 1. The zero-order chi connectivity index (χ0) is 16.1. The van der Waals surface area contributed by atoms with Crippen molar-refractivity contribution in [3.63, 3.8) is 0 Å². The Labute approximate surface area is 124 Å². The number of pyridine rings is 1. The predicted molar refractivity (Wildman–Crippen MR) is 74.1 cm³/mol. The Kier molecular flexibility index (Phi) is 4.77. The summed E-state index contributed by atoms with van der Waals surface area (Å²) in [5.41, 5.74) is -0.145. The summed E-state index contributed by atoms with van der Waals surface area (Å²) in [4.78, 5) is 27.4. The number of anilines is 1. The highest BCUT2D eigenvalue weighted by Gasteiger charge is 2.20. The molecule has 5 nitrogen and oxygen atoms in total. The number of ether oxygens (including phenoxy) is 1. The second-order valence-electron chi connectivity index (χ2n) is 4.40. The van der Waals surface area contributed by atoms with Gasteiger partial charge in [-0.25, -0.2) is 13.6 Å². The van der Waals surface area contributed by atoms with Crippen molar-refractivity contribution in [1.29, 1.82) is 0 Å². The fourth-order valence-electron chi connectivity index (χ4n) is 1.59. The van der Waals surface area contributed by atoms with Crippen LogP contribution in [0.1, 0.15) is 17.3 Å². The summed E-state index contributed by atoms with van der Waals surface area (Å²) in [6.07, 6.45) is 1.59. The summed E-state index contributed by atoms with van der Waals surface area (Å²) in [6, 6.07) is 5.67. The van der Waals surface area contributed by atoms with Gasteiger partial charge in [0.1, 0.15) is 11.6 Å². The molecule has 1 atom stereocenters. The highest BCUT2D eigenvalue weighted by Crippen LogP contribution is 2.16. The molecule has 0 spiro atoms. The molecular formula is C15H12F2N2O3. The Morgan fingerprint density at radius 3 is 2.73 bits per heavy atom. The Hall–Kier alpha value is -2.83. The molecule has 1 aromatic heterocycles. The number of benzene rings is 1. The third-order valence-electron chi connectivity index (χ3n) is 2.74. The summed E-state index contributed by atoms with van der Waals surface area (Å²) < 4.78 is 31.4. The number of hydrogen-bond acceptors (Lipinski definition) is 4. The van der Waals surface area contributed by atoms with E-state index in [1.54, 1.807) is 6.07 Å². The number of rotatable bonds is 4. The lowest BCUT2D eigenvalue weighted by Crippen LogP contribution is -2.30. The van der Waals surface area contributed by atoms with Gasteiger partial charge in [-0.1, -0.05) is 0 Å². The highest BCUT2D eigenvalue weighted by molar-refractivity contribution is 5.97. The van der Waals surface area contributed by atoms with Gasteiger partial charge in [0, 0.05) is 18.5 Å². The summed E-state index contributed by atoms with van der Waals surface area (Å²) in [5, 5.41) is 2.16. The average molecular weight is 306 g/mol. The van der Waals surface area contributed by atoms with E-state index in [4.69, 9.17) is 4.74 Å². The Morgan fingerprint density at radius 2 is 2.05 bits per heavy atom. The number of aromatic nitrogens is 1. The van der Waals surface area contributed by atoms with E-state index in [0.717, 1.165) is 18.2 Å². The van der Waals surface area contributed by atoms with E-state index >= 15 is 0 Å². The number of halogens is 2. The van der Waals surface area contributed by atoms with Crippen molar-refractivity contribution in [2.24, 2.45) is 0 Å². The average Bonchev–Trinajstić information content (AvgIpc) is 2.51. The minimum atomic E-state index is -1.18. The summed E-state index contributed by atoms with van der Waals surface area (Å²) in [7, 11) is 0. The second kappa shape index (κ2) is 6.75. The molecule has 2 rings (SSSR count). The zero-order valence-electron chi connectivity index (χ0n) is 11.5. The van der Waals surface area contributed by atoms with Gasteiger partial charge < -0.3 is 10.1 Å². The number of carbonyl (C=O) groups is 2. The quantitative estimate of drug-likeness (QED) is 0.881.